The summed E-state index contributed by atoms with van der Waals surface area (Å²) in [5.74, 6) is 0.939. The van der Waals surface area contributed by atoms with Crippen molar-refractivity contribution < 1.29 is 5.11 Å². The maximum Gasteiger partial charge on any atom is 0.228 e. The van der Waals surface area contributed by atoms with Crippen LogP contribution in [0, 0.1) is 5.92 Å². The number of aliphatic hydroxyl groups is 1. The molecule has 5 nitrogen and oxygen atoms in total. The Kier molecular flexibility index (Phi) is 4.36. The Morgan fingerprint density at radius 1 is 1.06 bits per heavy atom. The standard InChI is InChI=1S/C10H14Cl2N4O/c11-8-14-9(12)16-10(15-8)13-5-6-1-3-7(17)4-2-6/h6-7,17H,1-5H2,(H,13,14,15,16). The van der Waals surface area contributed by atoms with Gasteiger partial charge in [-0.05, 0) is 54.8 Å². The molecule has 94 valence electrons. The Morgan fingerprint density at radius 2 is 1.65 bits per heavy atom. The molecule has 1 aliphatic carbocycles. The lowest BCUT2D eigenvalue weighted by Crippen LogP contribution is -2.24. The van der Waals surface area contributed by atoms with Crippen LogP contribution in [0.1, 0.15) is 25.7 Å². The van der Waals surface area contributed by atoms with Gasteiger partial charge in [0.05, 0.1) is 6.10 Å². The van der Waals surface area contributed by atoms with Gasteiger partial charge in [0, 0.05) is 6.54 Å². The van der Waals surface area contributed by atoms with Gasteiger partial charge >= 0.3 is 0 Å². The van der Waals surface area contributed by atoms with E-state index < -0.39 is 0 Å². The van der Waals surface area contributed by atoms with E-state index in [1.54, 1.807) is 0 Å². The average molecular weight is 277 g/mol. The number of aromatic nitrogens is 3. The predicted molar refractivity (Wildman–Crippen MR) is 66.3 cm³/mol. The fourth-order valence-electron chi connectivity index (χ4n) is 1.99. The maximum atomic E-state index is 9.40. The molecule has 1 aromatic heterocycles. The minimum atomic E-state index is -0.132. The van der Waals surface area contributed by atoms with Crippen LogP contribution in [0.3, 0.4) is 0 Å². The molecular weight excluding hydrogens is 263 g/mol. The molecule has 0 aliphatic heterocycles. The van der Waals surface area contributed by atoms with Crippen molar-refractivity contribution in [1.29, 1.82) is 0 Å². The number of nitrogens with zero attached hydrogens (tertiary/aromatic N) is 3. The van der Waals surface area contributed by atoms with Crippen LogP contribution in [0.4, 0.5) is 5.95 Å². The Labute approximate surface area is 110 Å². The molecule has 17 heavy (non-hydrogen) atoms. The van der Waals surface area contributed by atoms with Crippen LogP contribution in [-0.4, -0.2) is 32.7 Å². The first-order chi connectivity index (χ1) is 8.13. The van der Waals surface area contributed by atoms with Gasteiger partial charge in [0.1, 0.15) is 0 Å². The van der Waals surface area contributed by atoms with Crippen LogP contribution in [0.2, 0.25) is 10.6 Å². The van der Waals surface area contributed by atoms with E-state index in [0.29, 0.717) is 11.9 Å². The number of hydrogen-bond donors (Lipinski definition) is 2. The van der Waals surface area contributed by atoms with Crippen molar-refractivity contribution in [3.63, 3.8) is 0 Å². The first-order valence-electron chi connectivity index (χ1n) is 5.62. The molecular formula is C10H14Cl2N4O. The van der Waals surface area contributed by atoms with E-state index >= 15 is 0 Å². The van der Waals surface area contributed by atoms with Crippen LogP contribution in [-0.2, 0) is 0 Å². The Balaban J connectivity index is 1.85. The molecule has 0 spiro atoms. The summed E-state index contributed by atoms with van der Waals surface area (Å²) in [4.78, 5) is 11.5. The third kappa shape index (κ3) is 3.94. The smallest absolute Gasteiger partial charge is 0.228 e. The monoisotopic (exact) mass is 276 g/mol. The van der Waals surface area contributed by atoms with Crippen molar-refractivity contribution >= 4 is 29.2 Å². The minimum Gasteiger partial charge on any atom is -0.393 e. The molecule has 0 radical (unpaired) electrons. The number of aliphatic hydroxyl groups excluding tert-OH is 1. The highest BCUT2D eigenvalue weighted by Gasteiger charge is 2.19. The molecule has 1 aromatic rings. The molecule has 0 aromatic carbocycles. The van der Waals surface area contributed by atoms with Crippen molar-refractivity contribution in [2.75, 3.05) is 11.9 Å². The molecule has 0 saturated heterocycles. The van der Waals surface area contributed by atoms with Crippen LogP contribution in [0.25, 0.3) is 0 Å². The first kappa shape index (κ1) is 12.8. The second-order valence-electron chi connectivity index (χ2n) is 4.25. The maximum absolute atomic E-state index is 9.40. The van der Waals surface area contributed by atoms with Gasteiger partial charge in [-0.2, -0.15) is 15.0 Å². The molecule has 1 aliphatic rings. The molecule has 2 rings (SSSR count). The molecule has 1 fully saturated rings. The van der Waals surface area contributed by atoms with Crippen molar-refractivity contribution in [1.82, 2.24) is 15.0 Å². The van der Waals surface area contributed by atoms with Crippen molar-refractivity contribution in [2.24, 2.45) is 5.92 Å². The highest BCUT2D eigenvalue weighted by molar-refractivity contribution is 6.31. The Hall–Kier alpha value is -0.650. The second kappa shape index (κ2) is 5.80. The lowest BCUT2D eigenvalue weighted by Gasteiger charge is -2.25. The topological polar surface area (TPSA) is 70.9 Å². The van der Waals surface area contributed by atoms with E-state index in [4.69, 9.17) is 23.2 Å². The van der Waals surface area contributed by atoms with Crippen LogP contribution in [0.5, 0.6) is 0 Å². The Morgan fingerprint density at radius 3 is 2.24 bits per heavy atom. The van der Waals surface area contributed by atoms with Crippen LogP contribution >= 0.6 is 23.2 Å². The van der Waals surface area contributed by atoms with Crippen molar-refractivity contribution in [3.05, 3.63) is 10.6 Å². The zero-order chi connectivity index (χ0) is 12.3. The van der Waals surface area contributed by atoms with Crippen molar-refractivity contribution in [2.45, 2.75) is 31.8 Å². The summed E-state index contributed by atoms with van der Waals surface area (Å²) in [5, 5.41) is 12.7. The summed E-state index contributed by atoms with van der Waals surface area (Å²) in [5.41, 5.74) is 0. The van der Waals surface area contributed by atoms with E-state index in [0.717, 1.165) is 32.2 Å². The van der Waals surface area contributed by atoms with E-state index in [-0.39, 0.29) is 16.7 Å². The van der Waals surface area contributed by atoms with Crippen LogP contribution < -0.4 is 5.32 Å². The summed E-state index contributed by atoms with van der Waals surface area (Å²) in [7, 11) is 0. The minimum absolute atomic E-state index is 0.0894. The van der Waals surface area contributed by atoms with Crippen LogP contribution in [0.15, 0.2) is 0 Å². The number of hydrogen-bond acceptors (Lipinski definition) is 5. The summed E-state index contributed by atoms with van der Waals surface area (Å²) in [6, 6.07) is 0. The highest BCUT2D eigenvalue weighted by Crippen LogP contribution is 2.24. The van der Waals surface area contributed by atoms with Gasteiger partial charge in [0.25, 0.3) is 0 Å². The zero-order valence-corrected chi connectivity index (χ0v) is 10.7. The fraction of sp³-hybridized carbons (Fsp3) is 0.700. The van der Waals surface area contributed by atoms with Gasteiger partial charge in [-0.25, -0.2) is 0 Å². The normalized spacial score (nSPS) is 24.6. The molecule has 0 atom stereocenters. The van der Waals surface area contributed by atoms with Gasteiger partial charge in [-0.3, -0.25) is 0 Å². The Bertz CT molecular complexity index is 362. The zero-order valence-electron chi connectivity index (χ0n) is 9.24. The van der Waals surface area contributed by atoms with E-state index in [1.807, 2.05) is 0 Å². The number of anilines is 1. The molecule has 2 N–H and O–H groups in total. The lowest BCUT2D eigenvalue weighted by atomic mass is 9.87. The average Bonchev–Trinajstić information content (AvgIpc) is 2.27. The summed E-state index contributed by atoms with van der Waals surface area (Å²) in [6.07, 6.45) is 3.63. The molecule has 1 saturated carbocycles. The van der Waals surface area contributed by atoms with Gasteiger partial charge in [0.2, 0.25) is 16.5 Å². The highest BCUT2D eigenvalue weighted by atomic mass is 35.5. The molecule has 0 amide bonds. The van der Waals surface area contributed by atoms with Gasteiger partial charge < -0.3 is 10.4 Å². The largest absolute Gasteiger partial charge is 0.393 e. The summed E-state index contributed by atoms with van der Waals surface area (Å²) < 4.78 is 0. The third-order valence-electron chi connectivity index (χ3n) is 2.95. The van der Waals surface area contributed by atoms with E-state index in [2.05, 4.69) is 20.3 Å². The van der Waals surface area contributed by atoms with Gasteiger partial charge in [-0.1, -0.05) is 0 Å². The molecule has 1 heterocycles. The lowest BCUT2D eigenvalue weighted by molar-refractivity contribution is 0.111. The number of rotatable bonds is 3. The van der Waals surface area contributed by atoms with Gasteiger partial charge in [-0.15, -0.1) is 0 Å². The van der Waals surface area contributed by atoms with Gasteiger partial charge in [0.15, 0.2) is 0 Å². The molecule has 0 unspecified atom stereocenters. The van der Waals surface area contributed by atoms with E-state index in [1.165, 1.54) is 0 Å². The third-order valence-corrected chi connectivity index (χ3v) is 3.28. The second-order valence-corrected chi connectivity index (χ2v) is 4.93. The number of nitrogens with one attached hydrogen (secondary N) is 1. The fourth-order valence-corrected chi connectivity index (χ4v) is 2.35. The summed E-state index contributed by atoms with van der Waals surface area (Å²) in [6.45, 7) is 0.767. The SMILES string of the molecule is OC1CCC(CNc2nc(Cl)nc(Cl)n2)CC1. The quantitative estimate of drug-likeness (QED) is 0.885. The van der Waals surface area contributed by atoms with E-state index in [9.17, 15) is 5.11 Å². The molecule has 0 bridgehead atoms. The first-order valence-corrected chi connectivity index (χ1v) is 6.38. The molecule has 7 heteroatoms. The number of halogens is 2. The summed E-state index contributed by atoms with van der Waals surface area (Å²) >= 11 is 11.3. The predicted octanol–water partition coefficient (Wildman–Crippen LogP) is 2.14. The van der Waals surface area contributed by atoms with Crippen molar-refractivity contribution in [3.8, 4) is 0 Å².